The smallest absolute Gasteiger partial charge is 0.154 e. The third kappa shape index (κ3) is 2.29. The summed E-state index contributed by atoms with van der Waals surface area (Å²) in [7, 11) is -3.33. The van der Waals surface area contributed by atoms with E-state index in [1.807, 2.05) is 0 Å². The average Bonchev–Trinajstić information content (AvgIpc) is 3.09. The number of aliphatic hydroxyl groups excluding tert-OH is 2. The van der Waals surface area contributed by atoms with Crippen LogP contribution in [0.5, 0.6) is 0 Å². The Bertz CT molecular complexity index is 566. The molecule has 1 aliphatic rings. The van der Waals surface area contributed by atoms with Gasteiger partial charge in [0, 0.05) is 22.1 Å². The Kier molecular flexibility index (Phi) is 3.93. The highest BCUT2D eigenvalue weighted by Crippen LogP contribution is 2.62. The first-order chi connectivity index (χ1) is 8.93. The summed E-state index contributed by atoms with van der Waals surface area (Å²) in [5, 5.41) is 18.8. The maximum Gasteiger partial charge on any atom is 0.154 e. The van der Waals surface area contributed by atoms with E-state index in [9.17, 15) is 18.6 Å². The van der Waals surface area contributed by atoms with E-state index in [0.29, 0.717) is 5.02 Å². The molecule has 0 spiro atoms. The lowest BCUT2D eigenvalue weighted by Crippen LogP contribution is -2.23. The second-order valence-electron chi connectivity index (χ2n) is 4.95. The summed E-state index contributed by atoms with van der Waals surface area (Å²) in [6, 6.07) is 6.92. The molecule has 0 aliphatic heterocycles. The van der Waals surface area contributed by atoms with Crippen molar-refractivity contribution >= 4 is 21.4 Å². The van der Waals surface area contributed by atoms with Gasteiger partial charge in [0.2, 0.25) is 0 Å². The number of halogens is 1. The van der Waals surface area contributed by atoms with E-state index in [1.165, 1.54) is 0 Å². The fraction of sp³-hybridized carbons (Fsp3) is 0.538. The topological polar surface area (TPSA) is 74.6 Å². The number of benzene rings is 1. The molecule has 1 aliphatic carbocycles. The van der Waals surface area contributed by atoms with Gasteiger partial charge in [-0.15, -0.1) is 0 Å². The van der Waals surface area contributed by atoms with Gasteiger partial charge in [0.15, 0.2) is 9.84 Å². The second kappa shape index (κ2) is 5.05. The van der Waals surface area contributed by atoms with Gasteiger partial charge in [-0.25, -0.2) is 8.42 Å². The van der Waals surface area contributed by atoms with Crippen LogP contribution in [0.4, 0.5) is 0 Å². The molecule has 1 aromatic rings. The predicted molar refractivity (Wildman–Crippen MR) is 74.0 cm³/mol. The summed E-state index contributed by atoms with van der Waals surface area (Å²) in [5.41, 5.74) is -0.239. The van der Waals surface area contributed by atoms with Crippen LogP contribution < -0.4 is 0 Å². The molecule has 0 unspecified atom stereocenters. The van der Waals surface area contributed by atoms with Gasteiger partial charge in [-0.2, -0.15) is 0 Å². The minimum atomic E-state index is -3.33. The molecule has 2 N–H and O–H groups in total. The molecule has 6 heteroatoms. The van der Waals surface area contributed by atoms with Crippen LogP contribution in [-0.2, 0) is 9.84 Å². The molecule has 0 bridgehead atoms. The number of hydrogen-bond donors (Lipinski definition) is 2. The van der Waals surface area contributed by atoms with Gasteiger partial charge < -0.3 is 10.2 Å². The third-order valence-electron chi connectivity index (χ3n) is 3.97. The molecular formula is C13H17ClO4S. The van der Waals surface area contributed by atoms with Crippen LogP contribution in [0.2, 0.25) is 5.02 Å². The van der Waals surface area contributed by atoms with Crippen LogP contribution in [-0.4, -0.2) is 42.8 Å². The molecular weight excluding hydrogens is 288 g/mol. The summed E-state index contributed by atoms with van der Waals surface area (Å²) >= 11 is 5.92. The van der Waals surface area contributed by atoms with Crippen LogP contribution in [0.1, 0.15) is 18.4 Å². The highest BCUT2D eigenvalue weighted by atomic mass is 35.5. The van der Waals surface area contributed by atoms with E-state index in [-0.39, 0.29) is 19.0 Å². The summed E-state index contributed by atoms with van der Waals surface area (Å²) in [6.45, 7) is 0.858. The van der Waals surface area contributed by atoms with Crippen molar-refractivity contribution in [1.29, 1.82) is 0 Å². The molecule has 1 aromatic carbocycles. The molecule has 2 atom stereocenters. The predicted octanol–water partition coefficient (Wildman–Crippen LogP) is 1.21. The Hall–Kier alpha value is -0.620. The quantitative estimate of drug-likeness (QED) is 0.857. The molecule has 2 rings (SSSR count). The molecule has 0 aromatic heterocycles. The van der Waals surface area contributed by atoms with Crippen LogP contribution in [0.15, 0.2) is 24.3 Å². The molecule has 0 saturated heterocycles. The van der Waals surface area contributed by atoms with E-state index >= 15 is 0 Å². The van der Waals surface area contributed by atoms with Crippen molar-refractivity contribution in [2.75, 3.05) is 19.0 Å². The van der Waals surface area contributed by atoms with Gasteiger partial charge in [-0.05, 0) is 17.7 Å². The van der Waals surface area contributed by atoms with Crippen molar-refractivity contribution in [2.24, 2.45) is 5.41 Å². The van der Waals surface area contributed by atoms with E-state index in [1.54, 1.807) is 31.2 Å². The van der Waals surface area contributed by atoms with Crippen LogP contribution in [0.25, 0.3) is 0 Å². The molecule has 4 nitrogen and oxygen atoms in total. The van der Waals surface area contributed by atoms with Crippen molar-refractivity contribution in [1.82, 2.24) is 0 Å². The zero-order valence-corrected chi connectivity index (χ0v) is 12.2. The minimum Gasteiger partial charge on any atom is -0.396 e. The van der Waals surface area contributed by atoms with Crippen LogP contribution in [0.3, 0.4) is 0 Å². The lowest BCUT2D eigenvalue weighted by Gasteiger charge is -2.10. The lowest BCUT2D eigenvalue weighted by molar-refractivity contribution is 0.130. The first-order valence-electron chi connectivity index (χ1n) is 6.11. The van der Waals surface area contributed by atoms with Gasteiger partial charge in [-0.1, -0.05) is 30.7 Å². The molecule has 0 radical (unpaired) electrons. The van der Waals surface area contributed by atoms with Gasteiger partial charge in [0.1, 0.15) is 0 Å². The summed E-state index contributed by atoms with van der Waals surface area (Å²) < 4.78 is 24.2. The lowest BCUT2D eigenvalue weighted by atomic mass is 10.0. The zero-order valence-electron chi connectivity index (χ0n) is 10.6. The molecule has 0 heterocycles. The van der Waals surface area contributed by atoms with Gasteiger partial charge in [-0.3, -0.25) is 0 Å². The summed E-state index contributed by atoms with van der Waals surface area (Å²) in [6.07, 6.45) is 0. The third-order valence-corrected chi connectivity index (χ3v) is 6.52. The second-order valence-corrected chi connectivity index (χ2v) is 7.80. The summed E-state index contributed by atoms with van der Waals surface area (Å²) in [4.78, 5) is 0. The van der Waals surface area contributed by atoms with Crippen LogP contribution in [0, 0.1) is 5.41 Å². The normalized spacial score (nSPS) is 25.3. The van der Waals surface area contributed by atoms with E-state index < -0.39 is 26.4 Å². The number of aliphatic hydroxyl groups is 2. The SMILES string of the molecule is CCS(=O)(=O)[C@H]1[C@H](c2cccc(Cl)c2)C1(CO)CO. The van der Waals surface area contributed by atoms with Gasteiger partial charge >= 0.3 is 0 Å². The number of hydrogen-bond acceptors (Lipinski definition) is 4. The van der Waals surface area contributed by atoms with Crippen molar-refractivity contribution in [2.45, 2.75) is 18.1 Å². The molecule has 19 heavy (non-hydrogen) atoms. The van der Waals surface area contributed by atoms with Crippen molar-refractivity contribution in [3.63, 3.8) is 0 Å². The fourth-order valence-electron chi connectivity index (χ4n) is 2.83. The Morgan fingerprint density at radius 3 is 2.42 bits per heavy atom. The largest absolute Gasteiger partial charge is 0.396 e. The fourth-order valence-corrected chi connectivity index (χ4v) is 5.16. The zero-order chi connectivity index (χ0) is 14.3. The minimum absolute atomic E-state index is 0.00349. The Morgan fingerprint density at radius 1 is 1.32 bits per heavy atom. The van der Waals surface area contributed by atoms with E-state index in [4.69, 9.17) is 11.6 Å². The van der Waals surface area contributed by atoms with Crippen LogP contribution >= 0.6 is 11.6 Å². The maximum atomic E-state index is 12.1. The molecule has 0 amide bonds. The average molecular weight is 305 g/mol. The molecule has 1 saturated carbocycles. The van der Waals surface area contributed by atoms with Gasteiger partial charge in [0.25, 0.3) is 0 Å². The van der Waals surface area contributed by atoms with Crippen molar-refractivity contribution < 1.29 is 18.6 Å². The Morgan fingerprint density at radius 2 is 1.95 bits per heavy atom. The van der Waals surface area contributed by atoms with Crippen molar-refractivity contribution in [3.8, 4) is 0 Å². The first-order valence-corrected chi connectivity index (χ1v) is 8.21. The highest BCUT2D eigenvalue weighted by Gasteiger charge is 2.69. The van der Waals surface area contributed by atoms with Crippen molar-refractivity contribution in [3.05, 3.63) is 34.9 Å². The maximum absolute atomic E-state index is 12.1. The first kappa shape index (κ1) is 14.8. The Balaban J connectivity index is 2.45. The molecule has 106 valence electrons. The highest BCUT2D eigenvalue weighted by molar-refractivity contribution is 7.92. The number of sulfone groups is 1. The summed E-state index contributed by atoms with van der Waals surface area (Å²) in [5.74, 6) is -0.401. The van der Waals surface area contributed by atoms with Gasteiger partial charge in [0.05, 0.1) is 18.5 Å². The number of rotatable bonds is 5. The van der Waals surface area contributed by atoms with E-state index in [0.717, 1.165) is 5.56 Å². The monoisotopic (exact) mass is 304 g/mol. The van der Waals surface area contributed by atoms with E-state index in [2.05, 4.69) is 0 Å². The standard InChI is InChI=1S/C13H17ClO4S/c1-2-19(17,18)12-11(13(12,7-15)8-16)9-4-3-5-10(14)6-9/h3-6,11-12,15-16H,2,7-8H2,1H3/t11-,12-/m0/s1. The Labute approximate surface area is 117 Å². The molecule has 1 fully saturated rings.